The minimum absolute atomic E-state index is 0.0622. The number of amides is 1. The van der Waals surface area contributed by atoms with Gasteiger partial charge in [-0.15, -0.1) is 10.2 Å². The highest BCUT2D eigenvalue weighted by Crippen LogP contribution is 2.24. The first-order chi connectivity index (χ1) is 14.8. The molecule has 0 aliphatic carbocycles. The van der Waals surface area contributed by atoms with Gasteiger partial charge in [0.1, 0.15) is 0 Å². The molecule has 1 aliphatic rings. The van der Waals surface area contributed by atoms with Crippen LogP contribution in [0.3, 0.4) is 0 Å². The van der Waals surface area contributed by atoms with Crippen LogP contribution in [0.1, 0.15) is 11.3 Å². The van der Waals surface area contributed by atoms with Crippen molar-refractivity contribution in [1.29, 1.82) is 0 Å². The number of benzene rings is 1. The van der Waals surface area contributed by atoms with Crippen LogP contribution in [0.15, 0.2) is 59.9 Å². The Hall–Kier alpha value is -2.91. The molecule has 3 heterocycles. The molecule has 30 heavy (non-hydrogen) atoms. The van der Waals surface area contributed by atoms with E-state index in [0.717, 1.165) is 35.5 Å². The first kappa shape index (κ1) is 20.4. The highest BCUT2D eigenvalue weighted by atomic mass is 32.2. The van der Waals surface area contributed by atoms with E-state index in [1.807, 2.05) is 36.4 Å². The number of rotatable bonds is 8. The fourth-order valence-corrected chi connectivity index (χ4v) is 3.93. The van der Waals surface area contributed by atoms with Gasteiger partial charge >= 0.3 is 0 Å². The van der Waals surface area contributed by atoms with Gasteiger partial charge in [-0.05, 0) is 17.7 Å². The van der Waals surface area contributed by atoms with E-state index in [0.29, 0.717) is 26.3 Å². The molecule has 9 heteroatoms. The van der Waals surface area contributed by atoms with Crippen molar-refractivity contribution in [3.05, 3.63) is 66.0 Å². The van der Waals surface area contributed by atoms with Crippen LogP contribution in [0.2, 0.25) is 0 Å². The van der Waals surface area contributed by atoms with Crippen molar-refractivity contribution in [1.82, 2.24) is 25.1 Å². The minimum Gasteiger partial charge on any atom is -0.378 e. The Morgan fingerprint density at radius 1 is 1.07 bits per heavy atom. The third-order valence-electron chi connectivity index (χ3n) is 4.70. The predicted octanol–water partition coefficient (Wildman–Crippen LogP) is 1.97. The first-order valence-electron chi connectivity index (χ1n) is 9.89. The summed E-state index contributed by atoms with van der Waals surface area (Å²) in [5, 5.41) is 12.4. The van der Waals surface area contributed by atoms with Crippen molar-refractivity contribution in [2.24, 2.45) is 0 Å². The molecule has 1 amide bonds. The highest BCUT2D eigenvalue weighted by molar-refractivity contribution is 7.99. The number of nitrogens with one attached hydrogen (secondary N) is 1. The lowest BCUT2D eigenvalue weighted by Crippen LogP contribution is -2.38. The molecule has 0 radical (unpaired) electrons. The van der Waals surface area contributed by atoms with Crippen molar-refractivity contribution in [3.63, 3.8) is 0 Å². The number of aromatic nitrogens is 4. The van der Waals surface area contributed by atoms with Gasteiger partial charge in [-0.2, -0.15) is 0 Å². The van der Waals surface area contributed by atoms with E-state index < -0.39 is 0 Å². The average molecular weight is 425 g/mol. The molecule has 4 rings (SSSR count). The summed E-state index contributed by atoms with van der Waals surface area (Å²) in [6.07, 6.45) is 1.72. The molecule has 0 bridgehead atoms. The van der Waals surface area contributed by atoms with Gasteiger partial charge in [0.05, 0.1) is 37.8 Å². The molecule has 0 atom stereocenters. The summed E-state index contributed by atoms with van der Waals surface area (Å²) in [6.45, 7) is 3.98. The molecule has 1 aromatic carbocycles. The Kier molecular flexibility index (Phi) is 6.94. The van der Waals surface area contributed by atoms with Gasteiger partial charge in [-0.25, -0.2) is 0 Å². The van der Waals surface area contributed by atoms with Crippen molar-refractivity contribution >= 4 is 23.6 Å². The zero-order chi connectivity index (χ0) is 20.6. The smallest absolute Gasteiger partial charge is 0.230 e. The summed E-state index contributed by atoms with van der Waals surface area (Å²) in [5.41, 5.74) is 1.99. The number of nitrogens with zero attached hydrogens (tertiary/aromatic N) is 5. The highest BCUT2D eigenvalue weighted by Gasteiger charge is 2.21. The van der Waals surface area contributed by atoms with E-state index in [2.05, 4.69) is 42.1 Å². The second-order valence-corrected chi connectivity index (χ2v) is 7.78. The lowest BCUT2D eigenvalue weighted by molar-refractivity contribution is -0.118. The van der Waals surface area contributed by atoms with Gasteiger partial charge in [0.2, 0.25) is 11.9 Å². The zero-order valence-electron chi connectivity index (χ0n) is 16.6. The normalized spacial score (nSPS) is 13.9. The molecule has 1 N–H and O–H groups in total. The number of pyridine rings is 1. The van der Waals surface area contributed by atoms with E-state index in [9.17, 15) is 4.79 Å². The topological polar surface area (TPSA) is 85.2 Å². The standard InChI is InChI=1S/C21H24N6O2S/c28-19(23-14-18-8-4-5-9-22-18)16-30-21-25-24-20(26-10-12-29-13-11-26)27(21)15-17-6-2-1-3-7-17/h1-9H,10-16H2,(H,23,28). The Morgan fingerprint density at radius 2 is 1.87 bits per heavy atom. The maximum atomic E-state index is 12.3. The largest absolute Gasteiger partial charge is 0.378 e. The van der Waals surface area contributed by atoms with Crippen LogP contribution in [-0.2, 0) is 22.6 Å². The Balaban J connectivity index is 1.43. The molecular formula is C21H24N6O2S. The molecule has 156 valence electrons. The second kappa shape index (κ2) is 10.2. The predicted molar refractivity (Wildman–Crippen MR) is 115 cm³/mol. The first-order valence-corrected chi connectivity index (χ1v) is 10.9. The van der Waals surface area contributed by atoms with Gasteiger partial charge in [0.25, 0.3) is 0 Å². The van der Waals surface area contributed by atoms with Gasteiger partial charge in [0.15, 0.2) is 5.16 Å². The number of morpholine rings is 1. The second-order valence-electron chi connectivity index (χ2n) is 6.84. The summed E-state index contributed by atoms with van der Waals surface area (Å²) in [4.78, 5) is 18.7. The number of carbonyl (C=O) groups is 1. The molecule has 0 unspecified atom stereocenters. The van der Waals surface area contributed by atoms with Crippen molar-refractivity contribution in [2.75, 3.05) is 37.0 Å². The lowest BCUT2D eigenvalue weighted by atomic mass is 10.2. The minimum atomic E-state index is -0.0622. The number of thioether (sulfide) groups is 1. The quantitative estimate of drug-likeness (QED) is 0.553. The van der Waals surface area contributed by atoms with Crippen molar-refractivity contribution in [2.45, 2.75) is 18.2 Å². The monoisotopic (exact) mass is 424 g/mol. The van der Waals surface area contributed by atoms with E-state index in [1.54, 1.807) is 6.20 Å². The maximum Gasteiger partial charge on any atom is 0.230 e. The Bertz CT molecular complexity index is 945. The van der Waals surface area contributed by atoms with E-state index in [-0.39, 0.29) is 11.7 Å². The maximum absolute atomic E-state index is 12.3. The molecule has 0 saturated carbocycles. The SMILES string of the molecule is O=C(CSc1nnc(N2CCOCC2)n1Cc1ccccc1)NCc1ccccn1. The Morgan fingerprint density at radius 3 is 2.63 bits per heavy atom. The molecule has 1 fully saturated rings. The summed E-state index contributed by atoms with van der Waals surface area (Å²) in [7, 11) is 0. The van der Waals surface area contributed by atoms with Crippen LogP contribution < -0.4 is 10.2 Å². The van der Waals surface area contributed by atoms with Gasteiger partial charge in [0, 0.05) is 19.3 Å². The molecule has 0 spiro atoms. The van der Waals surface area contributed by atoms with Crippen LogP contribution in [-0.4, -0.2) is 57.7 Å². The molecule has 1 aliphatic heterocycles. The van der Waals surface area contributed by atoms with Crippen LogP contribution in [0.4, 0.5) is 5.95 Å². The summed E-state index contributed by atoms with van der Waals surface area (Å²) in [5.74, 6) is 1.02. The lowest BCUT2D eigenvalue weighted by Gasteiger charge is -2.28. The fourth-order valence-electron chi connectivity index (χ4n) is 3.16. The van der Waals surface area contributed by atoms with Crippen molar-refractivity contribution < 1.29 is 9.53 Å². The average Bonchev–Trinajstić information content (AvgIpc) is 3.20. The molecule has 3 aromatic rings. The summed E-state index contributed by atoms with van der Waals surface area (Å²) < 4.78 is 7.55. The molecule has 8 nitrogen and oxygen atoms in total. The number of ether oxygens (including phenoxy) is 1. The zero-order valence-corrected chi connectivity index (χ0v) is 17.4. The fraction of sp³-hybridized carbons (Fsp3) is 0.333. The van der Waals surface area contributed by atoms with Gasteiger partial charge in [-0.1, -0.05) is 48.2 Å². The van der Waals surface area contributed by atoms with Crippen LogP contribution in [0, 0.1) is 0 Å². The third-order valence-corrected chi connectivity index (χ3v) is 5.67. The third kappa shape index (κ3) is 5.37. The van der Waals surface area contributed by atoms with Gasteiger partial charge in [-0.3, -0.25) is 14.3 Å². The van der Waals surface area contributed by atoms with Crippen LogP contribution >= 0.6 is 11.8 Å². The number of hydrogen-bond donors (Lipinski definition) is 1. The number of carbonyl (C=O) groups excluding carboxylic acids is 1. The van der Waals surface area contributed by atoms with E-state index >= 15 is 0 Å². The van der Waals surface area contributed by atoms with E-state index in [1.165, 1.54) is 11.8 Å². The van der Waals surface area contributed by atoms with Crippen LogP contribution in [0.25, 0.3) is 0 Å². The number of hydrogen-bond acceptors (Lipinski definition) is 7. The van der Waals surface area contributed by atoms with Crippen molar-refractivity contribution in [3.8, 4) is 0 Å². The summed E-state index contributed by atoms with van der Waals surface area (Å²) >= 11 is 1.39. The summed E-state index contributed by atoms with van der Waals surface area (Å²) in [6, 6.07) is 15.8. The molecule has 2 aromatic heterocycles. The number of anilines is 1. The molecular weight excluding hydrogens is 400 g/mol. The molecule has 1 saturated heterocycles. The van der Waals surface area contributed by atoms with Gasteiger partial charge < -0.3 is 15.0 Å². The van der Waals surface area contributed by atoms with Crippen LogP contribution in [0.5, 0.6) is 0 Å². The van der Waals surface area contributed by atoms with E-state index in [4.69, 9.17) is 4.74 Å². The Labute approximate surface area is 179 Å².